The smallest absolute Gasteiger partial charge is 0.0449 e. The number of nitrogens with one attached hydrogen (secondary N) is 1. The number of nitrogens with zero attached hydrogens (tertiary/aromatic N) is 2. The molecule has 1 aromatic heterocycles. The molecule has 0 aliphatic carbocycles. The van der Waals surface area contributed by atoms with Gasteiger partial charge in [-0.3, -0.25) is 9.88 Å². The highest BCUT2D eigenvalue weighted by molar-refractivity contribution is 5.21. The summed E-state index contributed by atoms with van der Waals surface area (Å²) in [6.45, 7) is 5.46. The van der Waals surface area contributed by atoms with Crippen molar-refractivity contribution in [3.8, 4) is 0 Å². The number of pyridine rings is 1. The maximum absolute atomic E-state index is 4.10. The van der Waals surface area contributed by atoms with Crippen LogP contribution in [0.5, 0.6) is 0 Å². The average Bonchev–Trinajstić information content (AvgIpc) is 2.56. The molecular formula is C17H21N3. The van der Waals surface area contributed by atoms with Gasteiger partial charge in [-0.05, 0) is 30.2 Å². The van der Waals surface area contributed by atoms with E-state index >= 15 is 0 Å². The predicted octanol–water partition coefficient (Wildman–Crippen LogP) is 2.79. The summed E-state index contributed by atoms with van der Waals surface area (Å²) in [5.74, 6) is 0. The maximum Gasteiger partial charge on any atom is 0.0449 e. The molecule has 3 rings (SSSR count). The van der Waals surface area contributed by atoms with Crippen LogP contribution < -0.4 is 5.32 Å². The van der Waals surface area contributed by atoms with E-state index in [1.807, 2.05) is 12.4 Å². The summed E-state index contributed by atoms with van der Waals surface area (Å²) in [7, 11) is 0. The minimum Gasteiger partial charge on any atom is -0.308 e. The quantitative estimate of drug-likeness (QED) is 0.927. The van der Waals surface area contributed by atoms with Crippen LogP contribution in [0.1, 0.15) is 30.1 Å². The lowest BCUT2D eigenvalue weighted by Crippen LogP contribution is -2.46. The van der Waals surface area contributed by atoms with E-state index in [9.17, 15) is 0 Å². The maximum atomic E-state index is 4.10. The second-order valence-corrected chi connectivity index (χ2v) is 5.37. The molecule has 20 heavy (non-hydrogen) atoms. The van der Waals surface area contributed by atoms with Crippen molar-refractivity contribution in [2.75, 3.05) is 19.6 Å². The molecule has 1 saturated heterocycles. The molecule has 1 aliphatic rings. The van der Waals surface area contributed by atoms with Gasteiger partial charge in [-0.15, -0.1) is 0 Å². The Morgan fingerprint density at radius 2 is 1.90 bits per heavy atom. The topological polar surface area (TPSA) is 28.2 Å². The Morgan fingerprint density at radius 3 is 2.65 bits per heavy atom. The fraction of sp³-hybridized carbons (Fsp3) is 0.353. The van der Waals surface area contributed by atoms with Crippen molar-refractivity contribution >= 4 is 0 Å². The normalized spacial score (nSPS) is 21.6. The summed E-state index contributed by atoms with van der Waals surface area (Å²) in [6, 6.07) is 15.8. The number of aromatic nitrogens is 1. The highest BCUT2D eigenvalue weighted by Crippen LogP contribution is 2.25. The van der Waals surface area contributed by atoms with Gasteiger partial charge in [0.2, 0.25) is 0 Å². The van der Waals surface area contributed by atoms with Crippen LogP contribution in [0.4, 0.5) is 0 Å². The monoisotopic (exact) mass is 267 g/mol. The fourth-order valence-corrected chi connectivity index (χ4v) is 2.89. The first kappa shape index (κ1) is 13.3. The molecule has 1 N–H and O–H groups in total. The molecule has 0 amide bonds. The predicted molar refractivity (Wildman–Crippen MR) is 81.4 cm³/mol. The van der Waals surface area contributed by atoms with Crippen molar-refractivity contribution in [3.05, 3.63) is 66.0 Å². The molecular weight excluding hydrogens is 246 g/mol. The van der Waals surface area contributed by atoms with E-state index in [4.69, 9.17) is 0 Å². The van der Waals surface area contributed by atoms with Gasteiger partial charge in [0.25, 0.3) is 0 Å². The molecule has 0 spiro atoms. The zero-order chi connectivity index (χ0) is 13.8. The fourth-order valence-electron chi connectivity index (χ4n) is 2.89. The van der Waals surface area contributed by atoms with E-state index < -0.39 is 0 Å². The van der Waals surface area contributed by atoms with E-state index in [0.717, 1.165) is 19.6 Å². The summed E-state index contributed by atoms with van der Waals surface area (Å²) < 4.78 is 0. The Morgan fingerprint density at radius 1 is 1.15 bits per heavy atom. The summed E-state index contributed by atoms with van der Waals surface area (Å²) >= 11 is 0. The van der Waals surface area contributed by atoms with Gasteiger partial charge in [0, 0.05) is 44.1 Å². The molecule has 3 heteroatoms. The molecule has 2 unspecified atom stereocenters. The number of rotatable bonds is 3. The Bertz CT molecular complexity index is 489. The molecule has 2 heterocycles. The van der Waals surface area contributed by atoms with E-state index in [1.54, 1.807) is 0 Å². The molecule has 2 aromatic rings. The van der Waals surface area contributed by atoms with Gasteiger partial charge in [0.15, 0.2) is 0 Å². The number of hydrogen-bond acceptors (Lipinski definition) is 3. The Balaban J connectivity index is 1.72. The van der Waals surface area contributed by atoms with Crippen LogP contribution in [-0.2, 0) is 0 Å². The zero-order valence-corrected chi connectivity index (χ0v) is 11.9. The molecule has 1 fully saturated rings. The third kappa shape index (κ3) is 2.89. The van der Waals surface area contributed by atoms with Crippen molar-refractivity contribution in [2.45, 2.75) is 19.0 Å². The summed E-state index contributed by atoms with van der Waals surface area (Å²) in [5.41, 5.74) is 2.72. The van der Waals surface area contributed by atoms with Crippen molar-refractivity contribution in [1.29, 1.82) is 0 Å². The third-order valence-electron chi connectivity index (χ3n) is 4.15. The Labute approximate surface area is 120 Å². The lowest BCUT2D eigenvalue weighted by atomic mass is 10.0. The molecule has 3 nitrogen and oxygen atoms in total. The molecule has 2 atom stereocenters. The largest absolute Gasteiger partial charge is 0.308 e. The lowest BCUT2D eigenvalue weighted by molar-refractivity contribution is 0.153. The van der Waals surface area contributed by atoms with Crippen molar-refractivity contribution in [1.82, 2.24) is 15.2 Å². The third-order valence-corrected chi connectivity index (χ3v) is 4.15. The molecule has 1 aliphatic heterocycles. The van der Waals surface area contributed by atoms with Crippen LogP contribution in [0.25, 0.3) is 0 Å². The highest BCUT2D eigenvalue weighted by atomic mass is 15.2. The Hall–Kier alpha value is -1.71. The SMILES string of the molecule is CC(c1ccncc1)N1CCNC(c2ccccc2)C1. The van der Waals surface area contributed by atoms with Gasteiger partial charge < -0.3 is 5.32 Å². The molecule has 104 valence electrons. The van der Waals surface area contributed by atoms with Gasteiger partial charge in [0.1, 0.15) is 0 Å². The first-order valence-electron chi connectivity index (χ1n) is 7.27. The van der Waals surface area contributed by atoms with Crippen molar-refractivity contribution < 1.29 is 0 Å². The average molecular weight is 267 g/mol. The zero-order valence-electron chi connectivity index (χ0n) is 11.9. The molecule has 1 aromatic carbocycles. The van der Waals surface area contributed by atoms with Crippen LogP contribution in [-0.4, -0.2) is 29.5 Å². The minimum atomic E-state index is 0.425. The van der Waals surface area contributed by atoms with Crippen LogP contribution >= 0.6 is 0 Å². The van der Waals surface area contributed by atoms with Gasteiger partial charge in [0.05, 0.1) is 0 Å². The number of hydrogen-bond donors (Lipinski definition) is 1. The van der Waals surface area contributed by atoms with Crippen LogP contribution in [0.2, 0.25) is 0 Å². The van der Waals surface area contributed by atoms with Gasteiger partial charge in [-0.2, -0.15) is 0 Å². The van der Waals surface area contributed by atoms with E-state index in [0.29, 0.717) is 12.1 Å². The molecule has 0 saturated carbocycles. The standard InChI is InChI=1S/C17H21N3/c1-14(15-7-9-18-10-8-15)20-12-11-19-17(13-20)16-5-3-2-4-6-16/h2-10,14,17,19H,11-13H2,1H3. The summed E-state index contributed by atoms with van der Waals surface area (Å²) in [5, 5.41) is 3.62. The summed E-state index contributed by atoms with van der Waals surface area (Å²) in [6.07, 6.45) is 3.76. The minimum absolute atomic E-state index is 0.425. The van der Waals surface area contributed by atoms with Crippen molar-refractivity contribution in [3.63, 3.8) is 0 Å². The van der Waals surface area contributed by atoms with Gasteiger partial charge >= 0.3 is 0 Å². The van der Waals surface area contributed by atoms with Gasteiger partial charge in [-0.1, -0.05) is 30.3 Å². The second kappa shape index (κ2) is 6.16. The number of benzene rings is 1. The van der Waals surface area contributed by atoms with E-state index in [-0.39, 0.29) is 0 Å². The summed E-state index contributed by atoms with van der Waals surface area (Å²) in [4.78, 5) is 6.65. The first-order chi connectivity index (χ1) is 9.84. The van der Waals surface area contributed by atoms with Crippen LogP contribution in [0.3, 0.4) is 0 Å². The van der Waals surface area contributed by atoms with E-state index in [1.165, 1.54) is 11.1 Å². The molecule has 0 radical (unpaired) electrons. The first-order valence-corrected chi connectivity index (χ1v) is 7.27. The number of piperazine rings is 1. The van der Waals surface area contributed by atoms with Gasteiger partial charge in [-0.25, -0.2) is 0 Å². The Kier molecular flexibility index (Phi) is 4.09. The van der Waals surface area contributed by atoms with E-state index in [2.05, 4.69) is 64.6 Å². The van der Waals surface area contributed by atoms with Crippen LogP contribution in [0.15, 0.2) is 54.9 Å². The lowest BCUT2D eigenvalue weighted by Gasteiger charge is -2.38. The van der Waals surface area contributed by atoms with Crippen LogP contribution in [0, 0.1) is 0 Å². The van der Waals surface area contributed by atoms with Crippen molar-refractivity contribution in [2.24, 2.45) is 0 Å². The molecule has 0 bridgehead atoms. The second-order valence-electron chi connectivity index (χ2n) is 5.37. The highest BCUT2D eigenvalue weighted by Gasteiger charge is 2.24.